The van der Waals surface area contributed by atoms with E-state index in [0.29, 0.717) is 11.1 Å². The van der Waals surface area contributed by atoms with E-state index in [1.54, 1.807) is 12.1 Å². The highest BCUT2D eigenvalue weighted by molar-refractivity contribution is 5.87. The van der Waals surface area contributed by atoms with Crippen LogP contribution in [0.2, 0.25) is 0 Å². The average molecular weight is 815 g/mol. The van der Waals surface area contributed by atoms with Crippen LogP contribution in [-0.4, -0.2) is 183 Å². The molecule has 2 aromatic carbocycles. The van der Waals surface area contributed by atoms with Crippen LogP contribution in [-0.2, 0) is 44.4 Å². The highest BCUT2D eigenvalue weighted by Gasteiger charge is 2.53. The summed E-state index contributed by atoms with van der Waals surface area (Å²) in [5.41, 5.74) is 1.02. The van der Waals surface area contributed by atoms with E-state index in [9.17, 15) is 55.9 Å². The number of hydrogen-bond acceptors (Lipinski definition) is 20. The van der Waals surface area contributed by atoms with Gasteiger partial charge in [-0.1, -0.05) is 12.1 Å². The third-order valence-corrected chi connectivity index (χ3v) is 9.77. The van der Waals surface area contributed by atoms with Gasteiger partial charge in [-0.15, -0.1) is 0 Å². The summed E-state index contributed by atoms with van der Waals surface area (Å²) in [5, 5.41) is 104. The van der Waals surface area contributed by atoms with Crippen LogP contribution in [0.3, 0.4) is 0 Å². The third-order valence-electron chi connectivity index (χ3n) is 9.77. The van der Waals surface area contributed by atoms with Crippen LogP contribution in [0, 0.1) is 0 Å². The maximum atomic E-state index is 13.4. The molecule has 0 aliphatic carbocycles. The molecule has 0 aromatic heterocycles. The second-order valence-electron chi connectivity index (χ2n) is 13.6. The molecule has 3 fully saturated rings. The Morgan fingerprint density at radius 3 is 2.05 bits per heavy atom. The van der Waals surface area contributed by atoms with E-state index in [2.05, 4.69) is 0 Å². The van der Waals surface area contributed by atoms with Crippen LogP contribution < -0.4 is 9.47 Å². The van der Waals surface area contributed by atoms with Gasteiger partial charge in [0.2, 0.25) is 0 Å². The van der Waals surface area contributed by atoms with Crippen LogP contribution in [0.4, 0.5) is 0 Å². The monoisotopic (exact) mass is 814 g/mol. The van der Waals surface area contributed by atoms with Crippen LogP contribution in [0.5, 0.6) is 23.0 Å². The maximum Gasteiger partial charge on any atom is 0.331 e. The average Bonchev–Trinajstić information content (AvgIpc) is 3.20. The van der Waals surface area contributed by atoms with Gasteiger partial charge >= 0.3 is 5.97 Å². The van der Waals surface area contributed by atoms with E-state index in [4.69, 9.17) is 42.6 Å². The molecule has 5 rings (SSSR count). The lowest BCUT2D eigenvalue weighted by molar-refractivity contribution is -0.364. The quantitative estimate of drug-likeness (QED) is 0.0652. The SMILES string of the molecule is COc1ccc(CCO[C@@H]2O[C@H](CO[C@@H]3O[C@H](CO)[C@@H](O)[C@H](O)[C@H]3O)[C@@H](OC(=O)/C=C\c3ccc(O)c(OC)c3)[C@H](O[C@@H]3O[C@@H](C)[C@H](O)[C@@H](O)[C@H]3O)[C@H]2O)cc1O. The van der Waals surface area contributed by atoms with Crippen molar-refractivity contribution in [3.63, 3.8) is 0 Å². The molecule has 57 heavy (non-hydrogen) atoms. The number of carbonyl (C=O) groups excluding carboxylic acids is 1. The first-order valence-corrected chi connectivity index (χ1v) is 18.0. The summed E-state index contributed by atoms with van der Waals surface area (Å²) in [4.78, 5) is 13.4. The van der Waals surface area contributed by atoms with Gasteiger partial charge in [0.05, 0.1) is 40.1 Å². The zero-order valence-corrected chi connectivity index (χ0v) is 31.2. The van der Waals surface area contributed by atoms with Crippen LogP contribution in [0.25, 0.3) is 6.08 Å². The van der Waals surface area contributed by atoms with Crippen molar-refractivity contribution in [3.8, 4) is 23.0 Å². The summed E-state index contributed by atoms with van der Waals surface area (Å²) >= 11 is 0. The number of carbonyl (C=O) groups is 1. The zero-order chi connectivity index (χ0) is 41.6. The molecule has 0 spiro atoms. The Balaban J connectivity index is 1.44. The molecule has 3 saturated heterocycles. The number of aliphatic hydroxyl groups is 8. The summed E-state index contributed by atoms with van der Waals surface area (Å²) in [6.45, 7) is -0.132. The van der Waals surface area contributed by atoms with Crippen molar-refractivity contribution >= 4 is 12.0 Å². The van der Waals surface area contributed by atoms with Crippen molar-refractivity contribution in [1.29, 1.82) is 0 Å². The molecule has 0 amide bonds. The van der Waals surface area contributed by atoms with E-state index >= 15 is 0 Å². The van der Waals surface area contributed by atoms with Crippen LogP contribution in [0.15, 0.2) is 42.5 Å². The lowest BCUT2D eigenvalue weighted by atomic mass is 9.96. The lowest BCUT2D eigenvalue weighted by Gasteiger charge is -2.47. The van der Waals surface area contributed by atoms with Gasteiger partial charge in [0.25, 0.3) is 0 Å². The van der Waals surface area contributed by atoms with Gasteiger partial charge in [0, 0.05) is 6.08 Å². The summed E-state index contributed by atoms with van der Waals surface area (Å²) in [7, 11) is 2.73. The predicted octanol–water partition coefficient (Wildman–Crippen LogP) is -2.59. The molecule has 2 aromatic rings. The Morgan fingerprint density at radius 2 is 1.37 bits per heavy atom. The Bertz CT molecular complexity index is 1640. The number of hydrogen-bond donors (Lipinski definition) is 10. The van der Waals surface area contributed by atoms with Crippen molar-refractivity contribution in [1.82, 2.24) is 0 Å². The number of rotatable bonds is 15. The second kappa shape index (κ2) is 19.8. The fraction of sp³-hybridized carbons (Fsp3) is 0.595. The summed E-state index contributed by atoms with van der Waals surface area (Å²) in [6.07, 6.45) is -22.0. The summed E-state index contributed by atoms with van der Waals surface area (Å²) in [5.74, 6) is -0.938. The Hall–Kier alpha value is -3.71. The molecule has 0 saturated carbocycles. The topological polar surface area (TPSA) is 302 Å². The van der Waals surface area contributed by atoms with Gasteiger partial charge in [0.1, 0.15) is 61.0 Å². The minimum absolute atomic E-state index is 0.121. The highest BCUT2D eigenvalue weighted by Crippen LogP contribution is 2.33. The molecule has 3 aliphatic rings. The number of phenolic OH excluding ortho intramolecular Hbond substituents is 2. The number of aromatic hydroxyl groups is 2. The van der Waals surface area contributed by atoms with E-state index in [0.717, 1.165) is 6.08 Å². The van der Waals surface area contributed by atoms with E-state index in [-0.39, 0.29) is 36.0 Å². The molecule has 20 nitrogen and oxygen atoms in total. The van der Waals surface area contributed by atoms with E-state index in [1.165, 1.54) is 51.5 Å². The molecule has 10 N–H and O–H groups in total. The second-order valence-corrected chi connectivity index (χ2v) is 13.6. The highest BCUT2D eigenvalue weighted by atomic mass is 16.8. The van der Waals surface area contributed by atoms with Gasteiger partial charge in [-0.25, -0.2) is 4.79 Å². The minimum Gasteiger partial charge on any atom is -0.504 e. The number of benzene rings is 2. The molecule has 20 heteroatoms. The van der Waals surface area contributed by atoms with Gasteiger partial charge in [-0.05, 0) is 54.8 Å². The van der Waals surface area contributed by atoms with Crippen molar-refractivity contribution in [2.45, 2.75) is 105 Å². The molecule has 0 unspecified atom stereocenters. The number of esters is 1. The summed E-state index contributed by atoms with van der Waals surface area (Å²) in [6, 6.07) is 8.92. The largest absolute Gasteiger partial charge is 0.504 e. The fourth-order valence-corrected chi connectivity index (χ4v) is 6.46. The van der Waals surface area contributed by atoms with Gasteiger partial charge < -0.3 is 93.7 Å². The minimum atomic E-state index is -1.86. The van der Waals surface area contributed by atoms with E-state index in [1.807, 2.05) is 0 Å². The van der Waals surface area contributed by atoms with Crippen LogP contribution >= 0.6 is 0 Å². The summed E-state index contributed by atoms with van der Waals surface area (Å²) < 4.78 is 50.8. The van der Waals surface area contributed by atoms with Crippen molar-refractivity contribution in [2.24, 2.45) is 0 Å². The van der Waals surface area contributed by atoms with Crippen molar-refractivity contribution < 1.29 is 98.5 Å². The first kappa shape index (κ1) is 44.4. The number of phenols is 2. The predicted molar refractivity (Wildman–Crippen MR) is 190 cm³/mol. The Morgan fingerprint density at radius 1 is 0.702 bits per heavy atom. The molecule has 0 radical (unpaired) electrons. The maximum absolute atomic E-state index is 13.4. The van der Waals surface area contributed by atoms with Crippen molar-refractivity contribution in [2.75, 3.05) is 34.0 Å². The normalized spacial score (nSPS) is 35.9. The Labute approximate surface area is 326 Å². The number of ether oxygens (including phenoxy) is 9. The van der Waals surface area contributed by atoms with E-state index < -0.39 is 111 Å². The molecule has 3 heterocycles. The first-order chi connectivity index (χ1) is 27.2. The standard InChI is InChI=1S/C37H50O20/c1-16-26(42)28(44)31(47)37(53-16)57-34-32(48)36(51-11-10-18-5-8-21(49-2)20(40)12-18)55-24(15-52-35-30(46)29(45)27(43)23(14-38)54-35)33(34)56-25(41)9-6-17-4-7-19(39)22(13-17)50-3/h4-9,12-13,16,23-24,26-40,42-48H,10-11,14-15H2,1-3H3/b9-6-/t16-,23+,24+,26-,27+,28+,29-,30+,31+,32+,33+,34+,35+,36+,37-/m0/s1. The van der Waals surface area contributed by atoms with Gasteiger partial charge in [-0.2, -0.15) is 0 Å². The molecule has 3 aliphatic heterocycles. The Kier molecular flexibility index (Phi) is 15.4. The number of aliphatic hydroxyl groups excluding tert-OH is 8. The molecule has 15 atom stereocenters. The molecular formula is C37H50O20. The number of methoxy groups -OCH3 is 2. The van der Waals surface area contributed by atoms with Crippen molar-refractivity contribution in [3.05, 3.63) is 53.6 Å². The zero-order valence-electron chi connectivity index (χ0n) is 31.2. The first-order valence-electron chi connectivity index (χ1n) is 18.0. The molecular weight excluding hydrogens is 764 g/mol. The third kappa shape index (κ3) is 10.5. The van der Waals surface area contributed by atoms with Crippen LogP contribution in [0.1, 0.15) is 18.1 Å². The molecule has 318 valence electrons. The lowest BCUT2D eigenvalue weighted by Crippen LogP contribution is -2.65. The molecule has 0 bridgehead atoms. The fourth-order valence-electron chi connectivity index (χ4n) is 6.46. The van der Waals surface area contributed by atoms with Gasteiger partial charge in [-0.3, -0.25) is 0 Å². The van der Waals surface area contributed by atoms with Gasteiger partial charge in [0.15, 0.2) is 48.0 Å². The smallest absolute Gasteiger partial charge is 0.331 e.